The summed E-state index contributed by atoms with van der Waals surface area (Å²) in [5, 5.41) is 0. The van der Waals surface area contributed by atoms with Crippen LogP contribution in [0.3, 0.4) is 0 Å². The van der Waals surface area contributed by atoms with E-state index < -0.39 is 17.5 Å². The van der Waals surface area contributed by atoms with Gasteiger partial charge >= 0.3 is 0 Å². The van der Waals surface area contributed by atoms with Gasteiger partial charge in [0.25, 0.3) is 0 Å². The average Bonchev–Trinajstić information content (AvgIpc) is 3.56. The monoisotopic (exact) mass is 396 g/mol. The molecule has 3 aromatic rings. The number of benzene rings is 3. The maximum atomic E-state index is 14.8. The van der Waals surface area contributed by atoms with Gasteiger partial charge in [0.15, 0.2) is 11.6 Å². The average molecular weight is 396 g/mol. The molecule has 0 saturated carbocycles. The molecule has 0 amide bonds. The predicted octanol–water partition coefficient (Wildman–Crippen LogP) is 6.50. The molecule has 0 aliphatic carbocycles. The standard InChI is InChI=1S/C25H23F3O/c1-3-16-4-6-17(7-5-16)8-9-18-13-22(26)21(12-15(18)2)19-10-11-20(23-14-29-23)25(28)24(19)27/h4-7,10-13,23H,3,8-9,14H2,1-2H3. The fraction of sp³-hybridized carbons (Fsp3) is 0.280. The molecule has 0 bridgehead atoms. The van der Waals surface area contributed by atoms with Gasteiger partial charge in [0.1, 0.15) is 11.9 Å². The van der Waals surface area contributed by atoms with Gasteiger partial charge in [-0.15, -0.1) is 0 Å². The molecule has 4 rings (SSSR count). The highest BCUT2D eigenvalue weighted by molar-refractivity contribution is 5.67. The molecule has 150 valence electrons. The summed E-state index contributed by atoms with van der Waals surface area (Å²) in [6.45, 7) is 4.38. The first-order chi connectivity index (χ1) is 14.0. The Hall–Kier alpha value is -2.59. The van der Waals surface area contributed by atoms with Crippen molar-refractivity contribution in [1.82, 2.24) is 0 Å². The van der Waals surface area contributed by atoms with Crippen molar-refractivity contribution in [3.63, 3.8) is 0 Å². The number of aryl methyl sites for hydroxylation is 4. The topological polar surface area (TPSA) is 12.5 Å². The van der Waals surface area contributed by atoms with Crippen molar-refractivity contribution in [2.45, 2.75) is 39.2 Å². The molecule has 1 heterocycles. The highest BCUT2D eigenvalue weighted by Crippen LogP contribution is 2.36. The Labute approximate surface area is 169 Å². The summed E-state index contributed by atoms with van der Waals surface area (Å²) in [4.78, 5) is 0. The molecule has 0 N–H and O–H groups in total. The normalized spacial score (nSPS) is 15.6. The number of rotatable bonds is 6. The maximum absolute atomic E-state index is 14.8. The fourth-order valence-corrected chi connectivity index (χ4v) is 3.67. The van der Waals surface area contributed by atoms with Gasteiger partial charge in [-0.1, -0.05) is 43.3 Å². The van der Waals surface area contributed by atoms with Crippen LogP contribution in [-0.2, 0) is 24.0 Å². The van der Waals surface area contributed by atoms with Crippen LogP contribution in [0.5, 0.6) is 0 Å². The van der Waals surface area contributed by atoms with Crippen LogP contribution in [0.4, 0.5) is 13.2 Å². The van der Waals surface area contributed by atoms with E-state index in [1.807, 2.05) is 6.92 Å². The third kappa shape index (κ3) is 4.08. The molecule has 0 radical (unpaired) electrons. The Morgan fingerprint density at radius 3 is 2.21 bits per heavy atom. The van der Waals surface area contributed by atoms with Gasteiger partial charge in [-0.3, -0.25) is 0 Å². The van der Waals surface area contributed by atoms with Gasteiger partial charge in [0.2, 0.25) is 0 Å². The molecular formula is C25H23F3O. The SMILES string of the molecule is CCc1ccc(CCc2cc(F)c(-c3ccc(C4CO4)c(F)c3F)cc2C)cc1. The summed E-state index contributed by atoms with van der Waals surface area (Å²) in [5.41, 5.74) is 4.42. The number of epoxide rings is 1. The van der Waals surface area contributed by atoms with Crippen LogP contribution in [0.25, 0.3) is 11.1 Å². The van der Waals surface area contributed by atoms with Crippen molar-refractivity contribution in [2.75, 3.05) is 6.61 Å². The molecule has 29 heavy (non-hydrogen) atoms. The molecule has 1 unspecified atom stereocenters. The molecule has 1 aliphatic heterocycles. The molecule has 3 aromatic carbocycles. The highest BCUT2D eigenvalue weighted by Gasteiger charge is 2.30. The summed E-state index contributed by atoms with van der Waals surface area (Å²) >= 11 is 0. The van der Waals surface area contributed by atoms with E-state index in [0.717, 1.165) is 24.0 Å². The summed E-state index contributed by atoms with van der Waals surface area (Å²) < 4.78 is 48.8. The molecule has 4 heteroatoms. The van der Waals surface area contributed by atoms with Gasteiger partial charge in [0.05, 0.1) is 6.61 Å². The lowest BCUT2D eigenvalue weighted by atomic mass is 9.94. The van der Waals surface area contributed by atoms with E-state index in [-0.39, 0.29) is 22.8 Å². The van der Waals surface area contributed by atoms with Gasteiger partial charge < -0.3 is 4.74 Å². The smallest absolute Gasteiger partial charge is 0.167 e. The largest absolute Gasteiger partial charge is 0.368 e. The van der Waals surface area contributed by atoms with Gasteiger partial charge in [-0.05, 0) is 60.6 Å². The molecule has 1 saturated heterocycles. The van der Waals surface area contributed by atoms with E-state index in [0.29, 0.717) is 13.0 Å². The van der Waals surface area contributed by atoms with Crippen LogP contribution in [0, 0.1) is 24.4 Å². The van der Waals surface area contributed by atoms with Crippen molar-refractivity contribution in [1.29, 1.82) is 0 Å². The first-order valence-electron chi connectivity index (χ1n) is 9.94. The molecule has 1 aliphatic rings. The van der Waals surface area contributed by atoms with Gasteiger partial charge in [-0.2, -0.15) is 0 Å². The van der Waals surface area contributed by atoms with E-state index in [1.165, 1.54) is 29.3 Å². The quantitative estimate of drug-likeness (QED) is 0.433. The maximum Gasteiger partial charge on any atom is 0.167 e. The molecule has 1 atom stereocenters. The zero-order chi connectivity index (χ0) is 20.5. The van der Waals surface area contributed by atoms with Crippen LogP contribution in [0.15, 0.2) is 48.5 Å². The number of hydrogen-bond donors (Lipinski definition) is 0. The van der Waals surface area contributed by atoms with Crippen LogP contribution >= 0.6 is 0 Å². The van der Waals surface area contributed by atoms with Crippen LogP contribution < -0.4 is 0 Å². The Bertz CT molecular complexity index is 1040. The fourth-order valence-electron chi connectivity index (χ4n) is 3.67. The van der Waals surface area contributed by atoms with Crippen molar-refractivity contribution in [3.8, 4) is 11.1 Å². The second-order valence-electron chi connectivity index (χ2n) is 7.58. The summed E-state index contributed by atoms with van der Waals surface area (Å²) in [7, 11) is 0. The minimum Gasteiger partial charge on any atom is -0.368 e. The zero-order valence-corrected chi connectivity index (χ0v) is 16.6. The summed E-state index contributed by atoms with van der Waals surface area (Å²) in [6, 6.07) is 14.4. The number of ether oxygens (including phenoxy) is 1. The minimum absolute atomic E-state index is 0.0609. The highest BCUT2D eigenvalue weighted by atomic mass is 19.2. The first kappa shape index (κ1) is 19.7. The lowest BCUT2D eigenvalue weighted by Gasteiger charge is -2.13. The predicted molar refractivity (Wildman–Crippen MR) is 108 cm³/mol. The first-order valence-corrected chi connectivity index (χ1v) is 9.94. The summed E-state index contributed by atoms with van der Waals surface area (Å²) in [5.74, 6) is -2.53. The third-order valence-electron chi connectivity index (χ3n) is 5.62. The van der Waals surface area contributed by atoms with E-state index in [1.54, 1.807) is 6.07 Å². The molecule has 0 aromatic heterocycles. The van der Waals surface area contributed by atoms with Gasteiger partial charge in [-0.25, -0.2) is 13.2 Å². The van der Waals surface area contributed by atoms with Crippen LogP contribution in [-0.4, -0.2) is 6.61 Å². The van der Waals surface area contributed by atoms with E-state index in [4.69, 9.17) is 4.74 Å². The van der Waals surface area contributed by atoms with Crippen LogP contribution in [0.2, 0.25) is 0 Å². The lowest BCUT2D eigenvalue weighted by molar-refractivity contribution is 0.401. The van der Waals surface area contributed by atoms with E-state index in [9.17, 15) is 13.2 Å². The Kier molecular flexibility index (Phi) is 5.46. The van der Waals surface area contributed by atoms with Crippen molar-refractivity contribution >= 4 is 0 Å². The lowest BCUT2D eigenvalue weighted by Crippen LogP contribution is -2.01. The second kappa shape index (κ2) is 8.03. The third-order valence-corrected chi connectivity index (χ3v) is 5.62. The van der Waals surface area contributed by atoms with Crippen molar-refractivity contribution in [3.05, 3.63) is 93.8 Å². The van der Waals surface area contributed by atoms with Crippen molar-refractivity contribution in [2.24, 2.45) is 0 Å². The Balaban J connectivity index is 1.57. The Morgan fingerprint density at radius 1 is 0.862 bits per heavy atom. The van der Waals surface area contributed by atoms with Crippen LogP contribution in [0.1, 0.15) is 40.8 Å². The number of hydrogen-bond acceptors (Lipinski definition) is 1. The van der Waals surface area contributed by atoms with E-state index in [2.05, 4.69) is 31.2 Å². The zero-order valence-electron chi connectivity index (χ0n) is 16.6. The van der Waals surface area contributed by atoms with E-state index >= 15 is 0 Å². The molecular weight excluding hydrogens is 373 g/mol. The van der Waals surface area contributed by atoms with Gasteiger partial charge in [0, 0.05) is 16.7 Å². The minimum atomic E-state index is -1.03. The molecule has 1 nitrogen and oxygen atoms in total. The Morgan fingerprint density at radius 2 is 1.55 bits per heavy atom. The summed E-state index contributed by atoms with van der Waals surface area (Å²) in [6.07, 6.45) is 2.09. The molecule has 1 fully saturated rings. The second-order valence-corrected chi connectivity index (χ2v) is 7.58. The van der Waals surface area contributed by atoms with Crippen molar-refractivity contribution < 1.29 is 17.9 Å². The number of halogens is 3. The molecule has 0 spiro atoms.